The van der Waals surface area contributed by atoms with Crippen molar-refractivity contribution in [2.24, 2.45) is 0 Å². The van der Waals surface area contributed by atoms with Crippen LogP contribution in [0.15, 0.2) is 54.6 Å². The molecule has 5 nitrogen and oxygen atoms in total. The van der Waals surface area contributed by atoms with Crippen molar-refractivity contribution >= 4 is 17.6 Å². The molecule has 0 heterocycles. The summed E-state index contributed by atoms with van der Waals surface area (Å²) in [4.78, 5) is 23.7. The lowest BCUT2D eigenvalue weighted by atomic mass is 10.0. The Labute approximate surface area is 148 Å². The molecule has 25 heavy (non-hydrogen) atoms. The summed E-state index contributed by atoms with van der Waals surface area (Å²) in [5.74, 6) is 0.154. The highest BCUT2D eigenvalue weighted by atomic mass is 16.5. The van der Waals surface area contributed by atoms with Crippen LogP contribution in [0.1, 0.15) is 31.7 Å². The Hall–Kier alpha value is -2.82. The first-order chi connectivity index (χ1) is 12.1. The van der Waals surface area contributed by atoms with Crippen LogP contribution in [0.25, 0.3) is 0 Å². The van der Waals surface area contributed by atoms with E-state index in [0.29, 0.717) is 5.75 Å². The van der Waals surface area contributed by atoms with Gasteiger partial charge in [0, 0.05) is 5.69 Å². The monoisotopic (exact) mass is 341 g/mol. The largest absolute Gasteiger partial charge is 0.493 e. The first kappa shape index (κ1) is 18.5. The second kappa shape index (κ2) is 9.47. The van der Waals surface area contributed by atoms with Gasteiger partial charge in [-0.1, -0.05) is 50.2 Å². The summed E-state index contributed by atoms with van der Waals surface area (Å²) in [7, 11) is 0. The molecule has 0 aromatic heterocycles. The molecule has 5 heteroatoms. The second-order valence-electron chi connectivity index (χ2n) is 5.86. The van der Waals surface area contributed by atoms with E-state index < -0.39 is 5.97 Å². The van der Waals surface area contributed by atoms with Crippen LogP contribution in [-0.4, -0.2) is 25.1 Å². The molecule has 0 unspecified atom stereocenters. The maximum Gasteiger partial charge on any atom is 0.309 e. The van der Waals surface area contributed by atoms with E-state index in [4.69, 9.17) is 9.47 Å². The molecule has 1 N–H and O–H groups in total. The molecular weight excluding hydrogens is 318 g/mol. The molecule has 0 aliphatic rings. The van der Waals surface area contributed by atoms with Crippen molar-refractivity contribution in [1.29, 1.82) is 0 Å². The minimum atomic E-state index is -0.469. The van der Waals surface area contributed by atoms with E-state index in [-0.39, 0.29) is 31.5 Å². The first-order valence-corrected chi connectivity index (χ1v) is 8.28. The van der Waals surface area contributed by atoms with Crippen molar-refractivity contribution in [3.05, 3.63) is 60.2 Å². The van der Waals surface area contributed by atoms with E-state index in [2.05, 4.69) is 19.2 Å². The summed E-state index contributed by atoms with van der Waals surface area (Å²) in [5.41, 5.74) is 1.78. The summed E-state index contributed by atoms with van der Waals surface area (Å²) in [5, 5.41) is 2.78. The third kappa shape index (κ3) is 6.30. The van der Waals surface area contributed by atoms with Gasteiger partial charge < -0.3 is 14.8 Å². The van der Waals surface area contributed by atoms with Crippen LogP contribution < -0.4 is 10.1 Å². The molecule has 2 aromatic rings. The van der Waals surface area contributed by atoms with Gasteiger partial charge >= 0.3 is 5.97 Å². The van der Waals surface area contributed by atoms with Crippen molar-refractivity contribution in [3.8, 4) is 5.75 Å². The van der Waals surface area contributed by atoms with Gasteiger partial charge in [-0.05, 0) is 29.7 Å². The number of ether oxygens (including phenoxy) is 2. The molecule has 0 spiro atoms. The fourth-order valence-electron chi connectivity index (χ4n) is 2.29. The smallest absolute Gasteiger partial charge is 0.309 e. The zero-order valence-corrected chi connectivity index (χ0v) is 14.5. The minimum Gasteiger partial charge on any atom is -0.493 e. The van der Waals surface area contributed by atoms with Gasteiger partial charge in [-0.15, -0.1) is 0 Å². The molecule has 0 saturated carbocycles. The molecule has 0 atom stereocenters. The SMILES string of the molecule is CC(C)c1ccccc1NC(=O)COC(=O)CCOc1ccccc1. The highest BCUT2D eigenvalue weighted by Crippen LogP contribution is 2.23. The predicted octanol–water partition coefficient (Wildman–Crippen LogP) is 3.76. The second-order valence-corrected chi connectivity index (χ2v) is 5.86. The Morgan fingerprint density at radius 3 is 2.40 bits per heavy atom. The third-order valence-electron chi connectivity index (χ3n) is 3.54. The Kier molecular flexibility index (Phi) is 7.01. The Bertz CT molecular complexity index is 698. The Balaban J connectivity index is 1.72. The molecule has 0 aliphatic heterocycles. The zero-order valence-electron chi connectivity index (χ0n) is 14.5. The molecular formula is C20H23NO4. The highest BCUT2D eigenvalue weighted by molar-refractivity contribution is 5.93. The molecule has 1 amide bonds. The number of rotatable bonds is 8. The maximum atomic E-state index is 12.0. The van der Waals surface area contributed by atoms with E-state index in [1.54, 1.807) is 0 Å². The number of esters is 1. The topological polar surface area (TPSA) is 64.6 Å². The summed E-state index contributed by atoms with van der Waals surface area (Å²) in [6.07, 6.45) is 0.0881. The molecule has 132 valence electrons. The van der Waals surface area contributed by atoms with Gasteiger partial charge in [-0.2, -0.15) is 0 Å². The van der Waals surface area contributed by atoms with Crippen molar-refractivity contribution in [2.45, 2.75) is 26.2 Å². The zero-order chi connectivity index (χ0) is 18.1. The van der Waals surface area contributed by atoms with E-state index >= 15 is 0 Å². The number of amides is 1. The number of anilines is 1. The molecule has 0 fully saturated rings. The Morgan fingerprint density at radius 2 is 1.68 bits per heavy atom. The van der Waals surface area contributed by atoms with Crippen LogP contribution in [0.3, 0.4) is 0 Å². The number of carbonyl (C=O) groups excluding carboxylic acids is 2. The lowest BCUT2D eigenvalue weighted by molar-refractivity contribution is -0.147. The van der Waals surface area contributed by atoms with Gasteiger partial charge in [0.1, 0.15) is 5.75 Å². The van der Waals surface area contributed by atoms with Crippen LogP contribution in [0, 0.1) is 0 Å². The first-order valence-electron chi connectivity index (χ1n) is 8.28. The molecule has 0 aliphatic carbocycles. The van der Waals surface area contributed by atoms with Gasteiger partial charge in [0.15, 0.2) is 6.61 Å². The van der Waals surface area contributed by atoms with Crippen molar-refractivity contribution in [3.63, 3.8) is 0 Å². The number of hydrogen-bond donors (Lipinski definition) is 1. The number of para-hydroxylation sites is 2. The van der Waals surface area contributed by atoms with Gasteiger partial charge in [0.2, 0.25) is 0 Å². The van der Waals surface area contributed by atoms with Crippen molar-refractivity contribution in [1.82, 2.24) is 0 Å². The van der Waals surface area contributed by atoms with Gasteiger partial charge in [0.25, 0.3) is 5.91 Å². The molecule has 0 radical (unpaired) electrons. The average Bonchev–Trinajstić information content (AvgIpc) is 2.61. The molecule has 0 bridgehead atoms. The maximum absolute atomic E-state index is 12.0. The summed E-state index contributed by atoms with van der Waals surface area (Å²) in [6.45, 7) is 4.01. The standard InChI is InChI=1S/C20H23NO4/c1-15(2)17-10-6-7-11-18(17)21-19(22)14-25-20(23)12-13-24-16-8-4-3-5-9-16/h3-11,15H,12-14H2,1-2H3,(H,21,22). The van der Waals surface area contributed by atoms with Crippen LogP contribution >= 0.6 is 0 Å². The lowest BCUT2D eigenvalue weighted by Crippen LogP contribution is -2.22. The predicted molar refractivity (Wildman–Crippen MR) is 96.7 cm³/mol. The van der Waals surface area contributed by atoms with Gasteiger partial charge in [0.05, 0.1) is 13.0 Å². The minimum absolute atomic E-state index is 0.0881. The molecule has 2 aromatic carbocycles. The van der Waals surface area contributed by atoms with Crippen LogP contribution in [0.4, 0.5) is 5.69 Å². The Morgan fingerprint density at radius 1 is 1.00 bits per heavy atom. The van der Waals surface area contributed by atoms with Gasteiger partial charge in [-0.3, -0.25) is 9.59 Å². The normalized spacial score (nSPS) is 10.4. The molecule has 0 saturated heterocycles. The number of benzene rings is 2. The summed E-state index contributed by atoms with van der Waals surface area (Å²) < 4.78 is 10.4. The van der Waals surface area contributed by atoms with Crippen molar-refractivity contribution < 1.29 is 19.1 Å². The van der Waals surface area contributed by atoms with Crippen LogP contribution in [0.2, 0.25) is 0 Å². The number of carbonyl (C=O) groups is 2. The highest BCUT2D eigenvalue weighted by Gasteiger charge is 2.11. The quantitative estimate of drug-likeness (QED) is 0.743. The van der Waals surface area contributed by atoms with E-state index in [1.165, 1.54) is 0 Å². The van der Waals surface area contributed by atoms with Crippen molar-refractivity contribution in [2.75, 3.05) is 18.5 Å². The third-order valence-corrected chi connectivity index (χ3v) is 3.54. The van der Waals surface area contributed by atoms with Gasteiger partial charge in [-0.25, -0.2) is 0 Å². The number of nitrogens with one attached hydrogen (secondary N) is 1. The fraction of sp³-hybridized carbons (Fsp3) is 0.300. The van der Waals surface area contributed by atoms with Crippen LogP contribution in [0.5, 0.6) is 5.75 Å². The van der Waals surface area contributed by atoms with Crippen LogP contribution in [-0.2, 0) is 14.3 Å². The fourth-order valence-corrected chi connectivity index (χ4v) is 2.29. The van der Waals surface area contributed by atoms with E-state index in [0.717, 1.165) is 11.3 Å². The number of hydrogen-bond acceptors (Lipinski definition) is 4. The summed E-state index contributed by atoms with van der Waals surface area (Å²) >= 11 is 0. The molecule has 2 rings (SSSR count). The van der Waals surface area contributed by atoms with E-state index in [1.807, 2.05) is 54.6 Å². The average molecular weight is 341 g/mol. The summed E-state index contributed by atoms with van der Waals surface area (Å²) in [6, 6.07) is 16.8. The van der Waals surface area contributed by atoms with E-state index in [9.17, 15) is 9.59 Å². The lowest BCUT2D eigenvalue weighted by Gasteiger charge is -2.13.